The van der Waals surface area contributed by atoms with Gasteiger partial charge in [0.25, 0.3) is 0 Å². The van der Waals surface area contributed by atoms with Crippen LogP contribution in [0.4, 0.5) is 18.9 Å². The molecule has 1 saturated heterocycles. The number of anilines is 1. The molecular weight excluding hydrogens is 295 g/mol. The number of rotatable bonds is 3. The zero-order valence-corrected chi connectivity index (χ0v) is 11.9. The molecule has 1 amide bonds. The Morgan fingerprint density at radius 3 is 2.77 bits per heavy atom. The van der Waals surface area contributed by atoms with E-state index in [1.807, 2.05) is 4.90 Å². The number of nitriles is 1. The quantitative estimate of drug-likeness (QED) is 0.933. The van der Waals surface area contributed by atoms with E-state index in [1.54, 1.807) is 6.07 Å². The van der Waals surface area contributed by atoms with Gasteiger partial charge in [0.15, 0.2) is 0 Å². The van der Waals surface area contributed by atoms with Gasteiger partial charge < -0.3 is 10.6 Å². The van der Waals surface area contributed by atoms with Crippen molar-refractivity contribution in [3.05, 3.63) is 29.3 Å². The maximum absolute atomic E-state index is 12.8. The molecule has 1 aromatic carbocycles. The number of benzene rings is 1. The summed E-state index contributed by atoms with van der Waals surface area (Å²) in [7, 11) is 0. The van der Waals surface area contributed by atoms with Crippen molar-refractivity contribution in [3.63, 3.8) is 0 Å². The summed E-state index contributed by atoms with van der Waals surface area (Å²) < 4.78 is 38.4. The van der Waals surface area contributed by atoms with Gasteiger partial charge in [-0.3, -0.25) is 4.79 Å². The minimum Gasteiger partial charge on any atom is -0.371 e. The predicted molar refractivity (Wildman–Crippen MR) is 74.9 cm³/mol. The van der Waals surface area contributed by atoms with Crippen LogP contribution in [-0.4, -0.2) is 19.0 Å². The first-order chi connectivity index (χ1) is 10.3. The van der Waals surface area contributed by atoms with Gasteiger partial charge in [-0.15, -0.1) is 0 Å². The molecule has 2 rings (SSSR count). The Labute approximate surface area is 126 Å². The number of hydrogen-bond donors (Lipinski definition) is 1. The van der Waals surface area contributed by atoms with Gasteiger partial charge in [-0.1, -0.05) is 0 Å². The zero-order chi connectivity index (χ0) is 16.3. The summed E-state index contributed by atoms with van der Waals surface area (Å²) >= 11 is 0. The first kappa shape index (κ1) is 16.1. The molecule has 118 valence electrons. The summed E-state index contributed by atoms with van der Waals surface area (Å²) in [5.74, 6) is -0.281. The highest BCUT2D eigenvalue weighted by atomic mass is 19.4. The second-order valence-electron chi connectivity index (χ2n) is 5.46. The Kier molecular flexibility index (Phi) is 4.59. The largest absolute Gasteiger partial charge is 0.417 e. The summed E-state index contributed by atoms with van der Waals surface area (Å²) in [5.41, 5.74) is 4.45. The van der Waals surface area contributed by atoms with Crippen LogP contribution in [0.3, 0.4) is 0 Å². The summed E-state index contributed by atoms with van der Waals surface area (Å²) in [6.45, 7) is 1.24. The third-order valence-corrected chi connectivity index (χ3v) is 3.80. The minimum atomic E-state index is -4.54. The van der Waals surface area contributed by atoms with E-state index in [9.17, 15) is 18.0 Å². The fraction of sp³-hybridized carbons (Fsp3) is 0.467. The van der Waals surface area contributed by atoms with E-state index in [4.69, 9.17) is 11.0 Å². The lowest BCUT2D eigenvalue weighted by Crippen LogP contribution is -2.37. The average Bonchev–Trinajstić information content (AvgIpc) is 2.45. The number of amides is 1. The highest BCUT2D eigenvalue weighted by Crippen LogP contribution is 2.34. The van der Waals surface area contributed by atoms with Crippen molar-refractivity contribution in [2.24, 2.45) is 11.7 Å². The van der Waals surface area contributed by atoms with Crippen LogP contribution in [0.2, 0.25) is 0 Å². The number of piperidine rings is 1. The summed E-state index contributed by atoms with van der Waals surface area (Å²) in [6, 6.07) is 5.17. The van der Waals surface area contributed by atoms with Crippen molar-refractivity contribution in [3.8, 4) is 6.07 Å². The number of halogens is 3. The maximum atomic E-state index is 12.8. The molecule has 1 aliphatic rings. The van der Waals surface area contributed by atoms with E-state index >= 15 is 0 Å². The lowest BCUT2D eigenvalue weighted by Gasteiger charge is -2.34. The van der Waals surface area contributed by atoms with Crippen molar-refractivity contribution >= 4 is 11.6 Å². The molecule has 1 atom stereocenters. The van der Waals surface area contributed by atoms with Gasteiger partial charge in [0.05, 0.1) is 17.2 Å². The van der Waals surface area contributed by atoms with E-state index in [0.717, 1.165) is 18.9 Å². The third-order valence-electron chi connectivity index (χ3n) is 3.80. The molecule has 1 heterocycles. The van der Waals surface area contributed by atoms with Crippen molar-refractivity contribution in [2.75, 3.05) is 18.0 Å². The Balaban J connectivity index is 2.22. The molecule has 0 aliphatic carbocycles. The second kappa shape index (κ2) is 6.26. The van der Waals surface area contributed by atoms with Gasteiger partial charge in [-0.05, 0) is 37.0 Å². The molecule has 0 aromatic heterocycles. The van der Waals surface area contributed by atoms with E-state index in [2.05, 4.69) is 0 Å². The monoisotopic (exact) mass is 311 g/mol. The SMILES string of the molecule is N#Cc1cc(N2CCCC(CC(N)=O)C2)ccc1C(F)(F)F. The van der Waals surface area contributed by atoms with Crippen molar-refractivity contribution in [1.82, 2.24) is 0 Å². The number of hydrogen-bond acceptors (Lipinski definition) is 3. The van der Waals surface area contributed by atoms with Crippen LogP contribution >= 0.6 is 0 Å². The van der Waals surface area contributed by atoms with Crippen molar-refractivity contribution in [1.29, 1.82) is 5.26 Å². The molecule has 7 heteroatoms. The molecule has 22 heavy (non-hydrogen) atoms. The number of carbonyl (C=O) groups is 1. The van der Waals surface area contributed by atoms with E-state index < -0.39 is 11.7 Å². The first-order valence-corrected chi connectivity index (χ1v) is 6.96. The van der Waals surface area contributed by atoms with Gasteiger partial charge in [0, 0.05) is 25.2 Å². The normalized spacial score (nSPS) is 18.8. The second-order valence-corrected chi connectivity index (χ2v) is 5.46. The van der Waals surface area contributed by atoms with Gasteiger partial charge in [-0.2, -0.15) is 18.4 Å². The standard InChI is InChI=1S/C15H16F3N3O/c16-15(17,18)13-4-3-12(7-11(13)8-19)21-5-1-2-10(9-21)6-14(20)22/h3-4,7,10H,1-2,5-6,9H2,(H2,20,22). The molecule has 2 N–H and O–H groups in total. The van der Waals surface area contributed by atoms with Crippen LogP contribution < -0.4 is 10.6 Å². The minimum absolute atomic E-state index is 0.0964. The van der Waals surface area contributed by atoms with Crippen LogP contribution in [0, 0.1) is 17.2 Å². The van der Waals surface area contributed by atoms with Crippen LogP contribution in [0.15, 0.2) is 18.2 Å². The highest BCUT2D eigenvalue weighted by Gasteiger charge is 2.34. The number of nitrogens with zero attached hydrogens (tertiary/aromatic N) is 2. The summed E-state index contributed by atoms with van der Waals surface area (Å²) in [6.07, 6.45) is -2.58. The molecule has 0 spiro atoms. The first-order valence-electron chi connectivity index (χ1n) is 6.96. The van der Waals surface area contributed by atoms with Gasteiger partial charge in [-0.25, -0.2) is 0 Å². The fourth-order valence-electron chi connectivity index (χ4n) is 2.82. The highest BCUT2D eigenvalue weighted by molar-refractivity contribution is 5.74. The molecule has 1 fully saturated rings. The molecule has 1 unspecified atom stereocenters. The smallest absolute Gasteiger partial charge is 0.371 e. The fourth-order valence-corrected chi connectivity index (χ4v) is 2.82. The van der Waals surface area contributed by atoms with Crippen LogP contribution in [-0.2, 0) is 11.0 Å². The zero-order valence-electron chi connectivity index (χ0n) is 11.9. The van der Waals surface area contributed by atoms with Gasteiger partial charge in [0.1, 0.15) is 0 Å². The Morgan fingerprint density at radius 1 is 1.45 bits per heavy atom. The van der Waals surface area contributed by atoms with Gasteiger partial charge in [0.2, 0.25) is 5.91 Å². The topological polar surface area (TPSA) is 70.1 Å². The number of nitrogens with two attached hydrogens (primary N) is 1. The molecule has 0 saturated carbocycles. The molecular formula is C15H16F3N3O. The van der Waals surface area contributed by atoms with E-state index in [-0.39, 0.29) is 23.8 Å². The lowest BCUT2D eigenvalue weighted by molar-refractivity contribution is -0.137. The molecule has 0 bridgehead atoms. The maximum Gasteiger partial charge on any atom is 0.417 e. The third kappa shape index (κ3) is 3.70. The van der Waals surface area contributed by atoms with Gasteiger partial charge >= 0.3 is 6.18 Å². The van der Waals surface area contributed by atoms with E-state index in [0.29, 0.717) is 18.8 Å². The van der Waals surface area contributed by atoms with Crippen molar-refractivity contribution < 1.29 is 18.0 Å². The Bertz CT molecular complexity index is 607. The number of carbonyl (C=O) groups excluding carboxylic acids is 1. The Morgan fingerprint density at radius 2 is 2.18 bits per heavy atom. The number of alkyl halides is 3. The van der Waals surface area contributed by atoms with Crippen LogP contribution in [0.5, 0.6) is 0 Å². The molecule has 0 radical (unpaired) electrons. The molecule has 1 aromatic rings. The van der Waals surface area contributed by atoms with Crippen LogP contribution in [0.1, 0.15) is 30.4 Å². The van der Waals surface area contributed by atoms with E-state index in [1.165, 1.54) is 12.1 Å². The average molecular weight is 311 g/mol. The summed E-state index contributed by atoms with van der Waals surface area (Å²) in [5, 5.41) is 8.95. The van der Waals surface area contributed by atoms with Crippen LogP contribution in [0.25, 0.3) is 0 Å². The van der Waals surface area contributed by atoms with Crippen molar-refractivity contribution in [2.45, 2.75) is 25.4 Å². The predicted octanol–water partition coefficient (Wildman–Crippen LogP) is 2.67. The Hall–Kier alpha value is -2.23. The lowest BCUT2D eigenvalue weighted by atomic mass is 9.94. The number of primary amides is 1. The summed E-state index contributed by atoms with van der Waals surface area (Å²) in [4.78, 5) is 12.9. The molecule has 4 nitrogen and oxygen atoms in total. The molecule has 1 aliphatic heterocycles.